The molecule has 110 valence electrons. The lowest BCUT2D eigenvalue weighted by Gasteiger charge is -2.09. The van der Waals surface area contributed by atoms with Crippen LogP contribution in [-0.2, 0) is 6.54 Å². The molecule has 8 heteroatoms. The number of rotatable bonds is 4. The molecule has 0 unspecified atom stereocenters. The minimum absolute atomic E-state index is 0.0356. The lowest BCUT2D eigenvalue weighted by Crippen LogP contribution is -2.02. The number of anilines is 1. The van der Waals surface area contributed by atoms with E-state index in [-0.39, 0.29) is 17.8 Å². The van der Waals surface area contributed by atoms with Crippen LogP contribution >= 0.6 is 15.9 Å². The summed E-state index contributed by atoms with van der Waals surface area (Å²) in [7, 11) is 0. The molecule has 21 heavy (non-hydrogen) atoms. The topological polar surface area (TPSA) is 75.4 Å². The van der Waals surface area contributed by atoms with E-state index in [0.717, 1.165) is 12.1 Å². The molecular formula is C13H9BrF2N2O3. The molecule has 0 saturated heterocycles. The van der Waals surface area contributed by atoms with Crippen molar-refractivity contribution < 1.29 is 18.8 Å². The van der Waals surface area contributed by atoms with Crippen molar-refractivity contribution in [1.29, 1.82) is 0 Å². The van der Waals surface area contributed by atoms with E-state index in [2.05, 4.69) is 21.2 Å². The molecule has 0 aliphatic rings. The van der Waals surface area contributed by atoms with Gasteiger partial charge in [-0.1, -0.05) is 0 Å². The van der Waals surface area contributed by atoms with E-state index in [1.807, 2.05) is 0 Å². The first-order valence-electron chi connectivity index (χ1n) is 5.73. The quantitative estimate of drug-likeness (QED) is 0.640. The minimum atomic E-state index is -1.06. The maximum atomic E-state index is 13.2. The second kappa shape index (κ2) is 6.04. The van der Waals surface area contributed by atoms with Crippen LogP contribution in [0.15, 0.2) is 34.8 Å². The number of halogens is 3. The van der Waals surface area contributed by atoms with Crippen LogP contribution in [0.5, 0.6) is 5.75 Å². The zero-order chi connectivity index (χ0) is 15.6. The average molecular weight is 359 g/mol. The van der Waals surface area contributed by atoms with Gasteiger partial charge in [0, 0.05) is 23.2 Å². The number of nitrogens with zero attached hydrogens (tertiary/aromatic N) is 1. The van der Waals surface area contributed by atoms with E-state index in [1.54, 1.807) is 0 Å². The van der Waals surface area contributed by atoms with Gasteiger partial charge in [0.25, 0.3) is 5.69 Å². The Morgan fingerprint density at radius 1 is 1.24 bits per heavy atom. The van der Waals surface area contributed by atoms with Gasteiger partial charge in [-0.2, -0.15) is 0 Å². The molecule has 2 rings (SSSR count). The van der Waals surface area contributed by atoms with Crippen molar-refractivity contribution in [1.82, 2.24) is 0 Å². The van der Waals surface area contributed by atoms with Crippen molar-refractivity contribution >= 4 is 27.3 Å². The standard InChI is InChI=1S/C13H9BrF2N2O3/c14-9-2-1-8(18(20)21)5-12(9)17-6-7-3-10(15)13(19)11(16)4-7/h1-5,17,19H,6H2. The van der Waals surface area contributed by atoms with E-state index in [9.17, 15) is 18.9 Å². The molecule has 2 N–H and O–H groups in total. The Morgan fingerprint density at radius 2 is 1.86 bits per heavy atom. The second-order valence-electron chi connectivity index (χ2n) is 4.18. The molecule has 0 radical (unpaired) electrons. The fraction of sp³-hybridized carbons (Fsp3) is 0.0769. The number of nitrogens with one attached hydrogen (secondary N) is 1. The summed E-state index contributed by atoms with van der Waals surface area (Å²) in [6.07, 6.45) is 0. The molecule has 2 aromatic rings. The predicted octanol–water partition coefficient (Wildman–Crippen LogP) is 3.95. The van der Waals surface area contributed by atoms with Crippen LogP contribution in [0.2, 0.25) is 0 Å². The lowest BCUT2D eigenvalue weighted by molar-refractivity contribution is -0.384. The number of nitro groups is 1. The van der Waals surface area contributed by atoms with E-state index in [1.165, 1.54) is 18.2 Å². The van der Waals surface area contributed by atoms with Crippen molar-refractivity contribution in [2.45, 2.75) is 6.54 Å². The van der Waals surface area contributed by atoms with Crippen molar-refractivity contribution in [3.05, 3.63) is 62.1 Å². The fourth-order valence-corrected chi connectivity index (χ4v) is 2.07. The molecular weight excluding hydrogens is 350 g/mol. The number of hydrogen-bond acceptors (Lipinski definition) is 4. The number of nitro benzene ring substituents is 1. The third-order valence-electron chi connectivity index (χ3n) is 2.72. The Hall–Kier alpha value is -2.22. The first-order valence-corrected chi connectivity index (χ1v) is 6.52. The number of benzene rings is 2. The molecule has 0 amide bonds. The zero-order valence-corrected chi connectivity index (χ0v) is 12.0. The summed E-state index contributed by atoms with van der Waals surface area (Å²) in [6, 6.07) is 6.10. The zero-order valence-electron chi connectivity index (χ0n) is 10.4. The van der Waals surface area contributed by atoms with Gasteiger partial charge in [0.2, 0.25) is 0 Å². The van der Waals surface area contributed by atoms with Gasteiger partial charge >= 0.3 is 0 Å². The number of phenols is 1. The molecule has 0 aromatic heterocycles. The Balaban J connectivity index is 2.20. The fourth-order valence-electron chi connectivity index (χ4n) is 1.68. The van der Waals surface area contributed by atoms with Gasteiger partial charge in [-0.05, 0) is 39.7 Å². The summed E-state index contributed by atoms with van der Waals surface area (Å²) < 4.78 is 27.0. The highest BCUT2D eigenvalue weighted by Gasteiger charge is 2.12. The van der Waals surface area contributed by atoms with Gasteiger partial charge in [-0.25, -0.2) is 8.78 Å². The highest BCUT2D eigenvalue weighted by molar-refractivity contribution is 9.10. The molecule has 0 atom stereocenters. The first-order chi connectivity index (χ1) is 9.88. The van der Waals surface area contributed by atoms with E-state index >= 15 is 0 Å². The monoisotopic (exact) mass is 358 g/mol. The minimum Gasteiger partial charge on any atom is -0.503 e. The van der Waals surface area contributed by atoms with Gasteiger partial charge in [0.05, 0.1) is 10.6 Å². The van der Waals surface area contributed by atoms with Gasteiger partial charge in [0.15, 0.2) is 17.4 Å². The normalized spacial score (nSPS) is 10.4. The number of hydrogen-bond donors (Lipinski definition) is 2. The van der Waals surface area contributed by atoms with Crippen LogP contribution < -0.4 is 5.32 Å². The van der Waals surface area contributed by atoms with Gasteiger partial charge in [-0.3, -0.25) is 10.1 Å². The van der Waals surface area contributed by atoms with Crippen LogP contribution in [0.4, 0.5) is 20.2 Å². The van der Waals surface area contributed by atoms with E-state index in [4.69, 9.17) is 5.11 Å². The SMILES string of the molecule is O=[N+]([O-])c1ccc(Br)c(NCc2cc(F)c(O)c(F)c2)c1. The van der Waals surface area contributed by atoms with Crippen molar-refractivity contribution in [3.63, 3.8) is 0 Å². The first kappa shape index (κ1) is 15.2. The number of non-ortho nitro benzene ring substituents is 1. The summed E-state index contributed by atoms with van der Waals surface area (Å²) >= 11 is 3.22. The predicted molar refractivity (Wildman–Crippen MR) is 76.1 cm³/mol. The van der Waals surface area contributed by atoms with Gasteiger partial charge in [0.1, 0.15) is 0 Å². The van der Waals surface area contributed by atoms with Crippen LogP contribution in [-0.4, -0.2) is 10.0 Å². The van der Waals surface area contributed by atoms with Crippen molar-refractivity contribution in [2.75, 3.05) is 5.32 Å². The molecule has 2 aromatic carbocycles. The molecule has 5 nitrogen and oxygen atoms in total. The smallest absolute Gasteiger partial charge is 0.271 e. The summed E-state index contributed by atoms with van der Waals surface area (Å²) in [6.45, 7) is 0.0356. The highest BCUT2D eigenvalue weighted by atomic mass is 79.9. The molecule has 0 fully saturated rings. The maximum absolute atomic E-state index is 13.2. The van der Waals surface area contributed by atoms with Crippen LogP contribution in [0.1, 0.15) is 5.56 Å². The number of aromatic hydroxyl groups is 1. The summed E-state index contributed by atoms with van der Waals surface area (Å²) in [5, 5.41) is 22.5. The summed E-state index contributed by atoms with van der Waals surface area (Å²) in [5.74, 6) is -3.16. The molecule has 0 aliphatic heterocycles. The molecule has 0 spiro atoms. The van der Waals surface area contributed by atoms with Crippen LogP contribution in [0, 0.1) is 21.7 Å². The number of phenolic OH excluding ortho intramolecular Hbond substituents is 1. The average Bonchev–Trinajstić information content (AvgIpc) is 2.43. The maximum Gasteiger partial charge on any atom is 0.271 e. The van der Waals surface area contributed by atoms with Crippen LogP contribution in [0.25, 0.3) is 0 Å². The lowest BCUT2D eigenvalue weighted by atomic mass is 10.2. The Kier molecular flexibility index (Phi) is 4.37. The second-order valence-corrected chi connectivity index (χ2v) is 5.04. The molecule has 0 bridgehead atoms. The van der Waals surface area contributed by atoms with Gasteiger partial charge in [-0.15, -0.1) is 0 Å². The van der Waals surface area contributed by atoms with E-state index < -0.39 is 22.3 Å². The molecule has 0 saturated carbocycles. The van der Waals surface area contributed by atoms with Crippen molar-refractivity contribution in [3.8, 4) is 5.75 Å². The van der Waals surface area contributed by atoms with Crippen molar-refractivity contribution in [2.24, 2.45) is 0 Å². The summed E-state index contributed by atoms with van der Waals surface area (Å²) in [5.41, 5.74) is 0.558. The van der Waals surface area contributed by atoms with E-state index in [0.29, 0.717) is 10.2 Å². The third kappa shape index (κ3) is 3.46. The highest BCUT2D eigenvalue weighted by Crippen LogP contribution is 2.28. The Labute approximate surface area is 126 Å². The van der Waals surface area contributed by atoms with Crippen LogP contribution in [0.3, 0.4) is 0 Å². The summed E-state index contributed by atoms with van der Waals surface area (Å²) in [4.78, 5) is 10.2. The Morgan fingerprint density at radius 3 is 2.43 bits per heavy atom. The third-order valence-corrected chi connectivity index (χ3v) is 3.41. The molecule has 0 aliphatic carbocycles. The largest absolute Gasteiger partial charge is 0.503 e. The molecule has 0 heterocycles. The Bertz CT molecular complexity index is 687. The van der Waals surface area contributed by atoms with Gasteiger partial charge < -0.3 is 10.4 Å².